The lowest BCUT2D eigenvalue weighted by molar-refractivity contribution is -0.139. The maximum Gasteiger partial charge on any atom is 0.315 e. The van der Waals surface area contributed by atoms with E-state index in [1.807, 2.05) is 35.3 Å². The quantitative estimate of drug-likeness (QED) is 0.0518. The second kappa shape index (κ2) is 32.6. The molecule has 5 nitrogen and oxygen atoms in total. The summed E-state index contributed by atoms with van der Waals surface area (Å²) in [5, 5.41) is 17.0. The van der Waals surface area contributed by atoms with E-state index < -0.39 is 10.8 Å². The third-order valence-electron chi connectivity index (χ3n) is 3.14. The summed E-state index contributed by atoms with van der Waals surface area (Å²) in [6, 6.07) is 0. The number of hydrogen-bond donors (Lipinski definition) is 1. The van der Waals surface area contributed by atoms with Gasteiger partial charge in [-0.15, -0.1) is 118 Å². The van der Waals surface area contributed by atoms with Crippen LogP contribution >= 0.6 is 129 Å². The van der Waals surface area contributed by atoms with Gasteiger partial charge in [0, 0.05) is 63.0 Å². The van der Waals surface area contributed by atoms with E-state index in [1.165, 1.54) is 23.5 Å². The fraction of sp³-hybridized carbons (Fsp3) is 0.895. The third kappa shape index (κ3) is 31.6. The van der Waals surface area contributed by atoms with Gasteiger partial charge < -0.3 is 9.84 Å². The first-order valence-electron chi connectivity index (χ1n) is 10.6. The van der Waals surface area contributed by atoms with Crippen LogP contribution in [0.1, 0.15) is 13.3 Å². The first-order chi connectivity index (χ1) is 17.6. The fourth-order valence-electron chi connectivity index (χ4n) is 1.75. The lowest BCUT2D eigenvalue weighted by Crippen LogP contribution is -2.10. The molecule has 0 aliphatic heterocycles. The van der Waals surface area contributed by atoms with Gasteiger partial charge in [0.1, 0.15) is 6.61 Å². The van der Waals surface area contributed by atoms with Crippen LogP contribution in [0.5, 0.6) is 0 Å². The van der Waals surface area contributed by atoms with Crippen molar-refractivity contribution < 1.29 is 23.6 Å². The van der Waals surface area contributed by atoms with Crippen molar-refractivity contribution in [3.63, 3.8) is 0 Å². The van der Waals surface area contributed by atoms with E-state index in [4.69, 9.17) is 9.84 Å². The first kappa shape index (κ1) is 39.1. The van der Waals surface area contributed by atoms with E-state index in [0.717, 1.165) is 63.7 Å². The standard InChI is InChI=1S/C19H36O5S12/c1-2-5-36(23)17-34-15-32-13-31-14-33-16-35-19(22)7-27-11-30-12-29-10-26-6-18(21)24-3-4-25-9-28-8-20/h20H,2-17H2,1H3. The fourth-order valence-corrected chi connectivity index (χ4v) is 15.5. The summed E-state index contributed by atoms with van der Waals surface area (Å²) < 4.78 is 16.7. The molecule has 0 fully saturated rings. The van der Waals surface area contributed by atoms with Gasteiger partial charge in [0.25, 0.3) is 0 Å². The summed E-state index contributed by atoms with van der Waals surface area (Å²) in [7, 11) is -0.666. The molecule has 1 N–H and O–H groups in total. The zero-order valence-corrected chi connectivity index (χ0v) is 30.1. The topological polar surface area (TPSA) is 80.7 Å². The molecule has 17 heteroatoms. The Balaban J connectivity index is 3.27. The van der Waals surface area contributed by atoms with Crippen LogP contribution in [-0.2, 0) is 25.1 Å². The lowest BCUT2D eigenvalue weighted by atomic mass is 10.6. The molecular formula is C19H36O5S12. The number of ether oxygens (including phenoxy) is 1. The number of carbonyl (C=O) groups is 2. The van der Waals surface area contributed by atoms with Crippen molar-refractivity contribution in [3.05, 3.63) is 0 Å². The number of esters is 1. The van der Waals surface area contributed by atoms with Crippen molar-refractivity contribution in [3.8, 4) is 0 Å². The van der Waals surface area contributed by atoms with Crippen LogP contribution in [0.25, 0.3) is 0 Å². The zero-order chi connectivity index (χ0) is 26.5. The first-order valence-corrected chi connectivity index (χ1v) is 24.7. The van der Waals surface area contributed by atoms with Crippen LogP contribution in [0.4, 0.5) is 0 Å². The Morgan fingerprint density at radius 3 is 1.92 bits per heavy atom. The minimum atomic E-state index is -0.666. The summed E-state index contributed by atoms with van der Waals surface area (Å²) in [6.45, 7) is 2.49. The molecule has 0 aliphatic rings. The Kier molecular flexibility index (Phi) is 35.4. The van der Waals surface area contributed by atoms with Crippen molar-refractivity contribution in [2.75, 3.05) is 81.3 Å². The highest BCUT2D eigenvalue weighted by Crippen LogP contribution is 2.25. The van der Waals surface area contributed by atoms with Crippen LogP contribution in [0.15, 0.2) is 0 Å². The van der Waals surface area contributed by atoms with E-state index in [9.17, 15) is 13.8 Å². The molecule has 0 aliphatic carbocycles. The molecule has 1 atom stereocenters. The number of rotatable bonds is 28. The largest absolute Gasteiger partial charge is 0.464 e. The van der Waals surface area contributed by atoms with Gasteiger partial charge >= 0.3 is 5.97 Å². The Bertz CT molecular complexity index is 547. The zero-order valence-electron chi connectivity index (χ0n) is 20.3. The summed E-state index contributed by atoms with van der Waals surface area (Å²) >= 11 is 18.7. The maximum absolute atomic E-state index is 11.9. The normalized spacial score (nSPS) is 12.1. The number of carbonyl (C=O) groups excluding carboxylic acids is 2. The average molecular weight is 729 g/mol. The number of thioether (sulfide) groups is 11. The Morgan fingerprint density at radius 1 is 0.722 bits per heavy atom. The highest BCUT2D eigenvalue weighted by Gasteiger charge is 2.05. The van der Waals surface area contributed by atoms with Crippen molar-refractivity contribution in [2.24, 2.45) is 0 Å². The van der Waals surface area contributed by atoms with E-state index in [1.54, 1.807) is 70.6 Å². The number of hydrogen-bond acceptors (Lipinski definition) is 16. The van der Waals surface area contributed by atoms with Crippen LogP contribution in [0.3, 0.4) is 0 Å². The van der Waals surface area contributed by atoms with Crippen molar-refractivity contribution >= 4 is 151 Å². The minimum absolute atomic E-state index is 0.126. The second-order valence-corrected chi connectivity index (χ2v) is 21.9. The van der Waals surface area contributed by atoms with Gasteiger partial charge in [-0.3, -0.25) is 13.8 Å². The molecule has 0 aromatic rings. The van der Waals surface area contributed by atoms with E-state index in [2.05, 4.69) is 6.92 Å². The highest BCUT2D eigenvalue weighted by atomic mass is 32.3. The molecule has 0 heterocycles. The minimum Gasteiger partial charge on any atom is -0.464 e. The molecule has 0 saturated heterocycles. The van der Waals surface area contributed by atoms with Gasteiger partial charge in [-0.05, 0) is 6.42 Å². The van der Waals surface area contributed by atoms with Gasteiger partial charge in [0.15, 0.2) is 5.12 Å². The molecule has 0 rings (SSSR count). The van der Waals surface area contributed by atoms with Gasteiger partial charge in [-0.25, -0.2) is 0 Å². The van der Waals surface area contributed by atoms with E-state index >= 15 is 0 Å². The second-order valence-electron chi connectivity index (χ2n) is 6.10. The molecule has 36 heavy (non-hydrogen) atoms. The predicted molar refractivity (Wildman–Crippen MR) is 188 cm³/mol. The molecule has 0 radical (unpaired) electrons. The SMILES string of the molecule is CCCS(=O)CSCSCSCSCSC(=O)CSCSCSCSCC(=O)OCCSCSCO. The lowest BCUT2D eigenvalue weighted by Gasteiger charge is -2.05. The molecular weight excluding hydrogens is 693 g/mol. The summed E-state index contributed by atoms with van der Waals surface area (Å²) in [4.78, 5) is 23.6. The summed E-state index contributed by atoms with van der Waals surface area (Å²) in [5.41, 5.74) is 0. The molecule has 214 valence electrons. The molecule has 0 saturated carbocycles. The molecule has 0 spiro atoms. The van der Waals surface area contributed by atoms with Gasteiger partial charge in [0.05, 0.1) is 22.5 Å². The van der Waals surface area contributed by atoms with Gasteiger partial charge in [0.2, 0.25) is 0 Å². The molecule has 0 amide bonds. The van der Waals surface area contributed by atoms with Gasteiger partial charge in [-0.2, -0.15) is 0 Å². The van der Waals surface area contributed by atoms with Crippen molar-refractivity contribution in [2.45, 2.75) is 13.3 Å². The third-order valence-corrected chi connectivity index (χ3v) is 18.4. The van der Waals surface area contributed by atoms with E-state index in [0.29, 0.717) is 18.1 Å². The van der Waals surface area contributed by atoms with Gasteiger partial charge in [-0.1, -0.05) is 18.7 Å². The summed E-state index contributed by atoms with van der Waals surface area (Å²) in [5.74, 6) is 2.46. The maximum atomic E-state index is 11.9. The highest BCUT2D eigenvalue weighted by molar-refractivity contribution is 8.31. The molecule has 0 bridgehead atoms. The Morgan fingerprint density at radius 2 is 1.28 bits per heavy atom. The van der Waals surface area contributed by atoms with Crippen LogP contribution < -0.4 is 0 Å². The van der Waals surface area contributed by atoms with Crippen LogP contribution in [0.2, 0.25) is 0 Å². The molecule has 0 aromatic carbocycles. The monoisotopic (exact) mass is 728 g/mol. The average Bonchev–Trinajstić information content (AvgIpc) is 2.86. The molecule has 0 aromatic heterocycles. The van der Waals surface area contributed by atoms with Crippen LogP contribution in [0, 0.1) is 0 Å². The smallest absolute Gasteiger partial charge is 0.315 e. The Labute approximate surface area is 266 Å². The number of aliphatic hydroxyl groups excluding tert-OH is 1. The molecule has 1 unspecified atom stereocenters. The number of aliphatic hydroxyl groups is 1. The van der Waals surface area contributed by atoms with E-state index in [-0.39, 0.29) is 17.0 Å². The summed E-state index contributed by atoms with van der Waals surface area (Å²) in [6.07, 6.45) is 0.987. The van der Waals surface area contributed by atoms with Crippen molar-refractivity contribution in [1.82, 2.24) is 0 Å². The predicted octanol–water partition coefficient (Wildman–Crippen LogP) is 6.85. The van der Waals surface area contributed by atoms with Crippen LogP contribution in [-0.4, -0.2) is 102 Å². The Hall–Kier alpha value is 3.10. The van der Waals surface area contributed by atoms with Crippen molar-refractivity contribution in [1.29, 1.82) is 0 Å².